The highest BCUT2D eigenvalue weighted by molar-refractivity contribution is 6.08. The fourth-order valence-corrected chi connectivity index (χ4v) is 7.32. The van der Waals surface area contributed by atoms with Crippen molar-refractivity contribution in [3.05, 3.63) is 65.9 Å². The molecule has 1 spiro atoms. The van der Waals surface area contributed by atoms with Crippen LogP contribution in [0.4, 0.5) is 4.79 Å². The summed E-state index contributed by atoms with van der Waals surface area (Å²) in [7, 11) is 1.53. The SMILES string of the molecule is COc1ccc(CN2C[C@H]3C[C@H](c4cnc5ccccc5c4)N4C(=O)N(CCN5CCOCC5)C(=O)[C@]34C2)cc1O. The first-order chi connectivity index (χ1) is 20.0. The molecule has 2 aromatic carbocycles. The number of amides is 3. The van der Waals surface area contributed by atoms with E-state index in [9.17, 15) is 14.7 Å². The summed E-state index contributed by atoms with van der Waals surface area (Å²) in [5, 5.41) is 11.3. The van der Waals surface area contributed by atoms with Crippen LogP contribution in [-0.2, 0) is 16.1 Å². The van der Waals surface area contributed by atoms with Gasteiger partial charge in [-0.15, -0.1) is 0 Å². The number of pyridine rings is 1. The number of hydrogen-bond donors (Lipinski definition) is 1. The van der Waals surface area contributed by atoms with Gasteiger partial charge in [0.15, 0.2) is 11.5 Å². The van der Waals surface area contributed by atoms with Crippen molar-refractivity contribution in [3.8, 4) is 11.5 Å². The van der Waals surface area contributed by atoms with Gasteiger partial charge in [0, 0.05) is 63.3 Å². The predicted molar refractivity (Wildman–Crippen MR) is 151 cm³/mol. The number of likely N-dealkylation sites (tertiary alicyclic amines) is 1. The van der Waals surface area contributed by atoms with Crippen LogP contribution >= 0.6 is 0 Å². The van der Waals surface area contributed by atoms with Crippen LogP contribution in [-0.4, -0.2) is 107 Å². The van der Waals surface area contributed by atoms with E-state index in [1.807, 2.05) is 41.4 Å². The number of para-hydroxylation sites is 1. The van der Waals surface area contributed by atoms with Gasteiger partial charge < -0.3 is 19.5 Å². The molecule has 3 amide bonds. The van der Waals surface area contributed by atoms with Gasteiger partial charge in [0.2, 0.25) is 0 Å². The third-order valence-electron chi connectivity index (χ3n) is 9.31. The van der Waals surface area contributed by atoms with Crippen molar-refractivity contribution < 1.29 is 24.2 Å². The second-order valence-corrected chi connectivity index (χ2v) is 11.6. The zero-order chi connectivity index (χ0) is 28.1. The monoisotopic (exact) mass is 557 g/mol. The molecule has 3 atom stereocenters. The summed E-state index contributed by atoms with van der Waals surface area (Å²) in [5.74, 6) is 0.429. The number of nitrogens with zero attached hydrogens (tertiary/aromatic N) is 5. The third kappa shape index (κ3) is 4.32. The van der Waals surface area contributed by atoms with Crippen molar-refractivity contribution in [3.63, 3.8) is 0 Å². The van der Waals surface area contributed by atoms with E-state index in [4.69, 9.17) is 9.47 Å². The maximum atomic E-state index is 14.3. The van der Waals surface area contributed by atoms with Gasteiger partial charge in [-0.3, -0.25) is 24.5 Å². The number of benzene rings is 2. The summed E-state index contributed by atoms with van der Waals surface area (Å²) < 4.78 is 10.7. The number of phenols is 1. The van der Waals surface area contributed by atoms with Crippen LogP contribution in [0.2, 0.25) is 0 Å². The number of hydrogen-bond acceptors (Lipinski definition) is 8. The minimum absolute atomic E-state index is 0.00403. The molecule has 4 aliphatic heterocycles. The number of aromatic nitrogens is 1. The predicted octanol–water partition coefficient (Wildman–Crippen LogP) is 2.86. The highest BCUT2D eigenvalue weighted by Crippen LogP contribution is 2.55. The molecule has 0 bridgehead atoms. The zero-order valence-corrected chi connectivity index (χ0v) is 23.2. The van der Waals surface area contributed by atoms with E-state index in [2.05, 4.69) is 20.9 Å². The highest BCUT2D eigenvalue weighted by atomic mass is 16.5. The summed E-state index contributed by atoms with van der Waals surface area (Å²) in [5.41, 5.74) is 1.91. The molecule has 10 nitrogen and oxygen atoms in total. The van der Waals surface area contributed by atoms with Crippen molar-refractivity contribution in [2.24, 2.45) is 5.92 Å². The molecular formula is C31H35N5O5. The molecule has 10 heteroatoms. The molecule has 4 saturated heterocycles. The van der Waals surface area contributed by atoms with Gasteiger partial charge in [0.05, 0.1) is 31.9 Å². The number of urea groups is 1. The molecule has 0 unspecified atom stereocenters. The Kier molecular flexibility index (Phi) is 6.56. The largest absolute Gasteiger partial charge is 0.504 e. The summed E-state index contributed by atoms with van der Waals surface area (Å²) in [6.45, 7) is 5.70. The van der Waals surface area contributed by atoms with Gasteiger partial charge in [-0.25, -0.2) is 4.79 Å². The van der Waals surface area contributed by atoms with Crippen molar-refractivity contribution >= 4 is 22.8 Å². The minimum atomic E-state index is -0.910. The Morgan fingerprint density at radius 1 is 1.07 bits per heavy atom. The smallest absolute Gasteiger partial charge is 0.328 e. The summed E-state index contributed by atoms with van der Waals surface area (Å²) >= 11 is 0. The van der Waals surface area contributed by atoms with E-state index in [0.717, 1.165) is 35.1 Å². The molecule has 5 heterocycles. The van der Waals surface area contributed by atoms with Gasteiger partial charge >= 0.3 is 6.03 Å². The highest BCUT2D eigenvalue weighted by Gasteiger charge is 2.70. The lowest BCUT2D eigenvalue weighted by Crippen LogP contribution is -2.51. The lowest BCUT2D eigenvalue weighted by molar-refractivity contribution is -0.133. The quantitative estimate of drug-likeness (QED) is 0.443. The van der Waals surface area contributed by atoms with E-state index >= 15 is 0 Å². The molecule has 214 valence electrons. The van der Waals surface area contributed by atoms with Crippen LogP contribution in [0.5, 0.6) is 11.5 Å². The van der Waals surface area contributed by atoms with Crippen molar-refractivity contribution in [1.82, 2.24) is 24.6 Å². The number of morpholine rings is 1. The van der Waals surface area contributed by atoms with Crippen LogP contribution in [0.25, 0.3) is 10.9 Å². The first kappa shape index (κ1) is 26.2. The summed E-state index contributed by atoms with van der Waals surface area (Å²) in [6, 6.07) is 15.1. The Hall–Kier alpha value is -3.73. The van der Waals surface area contributed by atoms with Crippen LogP contribution < -0.4 is 4.74 Å². The van der Waals surface area contributed by atoms with Crippen LogP contribution in [0.3, 0.4) is 0 Å². The average molecular weight is 558 g/mol. The Balaban J connectivity index is 1.19. The molecule has 1 aromatic heterocycles. The number of imide groups is 1. The van der Waals surface area contributed by atoms with Gasteiger partial charge in [-0.05, 0) is 41.8 Å². The van der Waals surface area contributed by atoms with E-state index in [-0.39, 0.29) is 29.6 Å². The Morgan fingerprint density at radius 2 is 1.90 bits per heavy atom. The van der Waals surface area contributed by atoms with Gasteiger partial charge in [0.1, 0.15) is 5.54 Å². The molecule has 4 aliphatic rings. The number of phenolic OH excluding ortho intramolecular Hbond substituents is 1. The van der Waals surface area contributed by atoms with Gasteiger partial charge in [-0.2, -0.15) is 0 Å². The van der Waals surface area contributed by atoms with Crippen molar-refractivity contribution in [2.45, 2.75) is 24.5 Å². The Bertz CT molecular complexity index is 1490. The normalized spacial score (nSPS) is 26.7. The van der Waals surface area contributed by atoms with Crippen LogP contribution in [0, 0.1) is 5.92 Å². The molecule has 4 fully saturated rings. The Labute approximate surface area is 239 Å². The molecule has 1 N–H and O–H groups in total. The van der Waals surface area contributed by atoms with Crippen LogP contribution in [0.1, 0.15) is 23.6 Å². The standard InChI is InChI=1S/C31H35N5O5/c1-40-28-7-6-21(14-27(28)37)18-34-19-24-16-26(23-15-22-4-2-3-5-25(22)32-17-23)36-30(39)35(29(38)31(24,36)20-34)9-8-33-10-12-41-13-11-33/h2-7,14-15,17,24,26,37H,8-13,16,18-20H2,1H3/t24-,26-,31+/m1/s1. The molecule has 0 saturated carbocycles. The maximum Gasteiger partial charge on any atom is 0.328 e. The minimum Gasteiger partial charge on any atom is -0.504 e. The number of carbonyl (C=O) groups is 2. The first-order valence-electron chi connectivity index (χ1n) is 14.4. The van der Waals surface area contributed by atoms with Gasteiger partial charge in [0.25, 0.3) is 5.91 Å². The summed E-state index contributed by atoms with van der Waals surface area (Å²) in [4.78, 5) is 41.0. The second kappa shape index (κ2) is 10.3. The number of methoxy groups -OCH3 is 1. The van der Waals surface area contributed by atoms with E-state index in [1.165, 1.54) is 12.0 Å². The molecule has 0 aliphatic carbocycles. The average Bonchev–Trinajstić information content (AvgIpc) is 3.56. The number of rotatable bonds is 7. The molecule has 41 heavy (non-hydrogen) atoms. The maximum absolute atomic E-state index is 14.3. The fourth-order valence-electron chi connectivity index (χ4n) is 7.32. The van der Waals surface area contributed by atoms with E-state index in [1.54, 1.807) is 12.1 Å². The van der Waals surface area contributed by atoms with Crippen molar-refractivity contribution in [2.75, 3.05) is 59.6 Å². The fraction of sp³-hybridized carbons (Fsp3) is 0.452. The van der Waals surface area contributed by atoms with E-state index in [0.29, 0.717) is 58.1 Å². The topological polar surface area (TPSA) is 98.7 Å². The number of fused-ring (bicyclic) bond motifs is 1. The zero-order valence-electron chi connectivity index (χ0n) is 23.2. The molecular weight excluding hydrogens is 522 g/mol. The molecule has 7 rings (SSSR count). The summed E-state index contributed by atoms with van der Waals surface area (Å²) in [6.07, 6.45) is 2.58. The first-order valence-corrected chi connectivity index (χ1v) is 14.4. The van der Waals surface area contributed by atoms with Gasteiger partial charge in [-0.1, -0.05) is 24.3 Å². The third-order valence-corrected chi connectivity index (χ3v) is 9.31. The van der Waals surface area contributed by atoms with E-state index < -0.39 is 5.54 Å². The second-order valence-electron chi connectivity index (χ2n) is 11.6. The number of ether oxygens (including phenoxy) is 2. The molecule has 3 aromatic rings. The number of carbonyl (C=O) groups excluding carboxylic acids is 2. The Morgan fingerprint density at radius 3 is 2.71 bits per heavy atom. The lowest BCUT2D eigenvalue weighted by atomic mass is 9.87. The molecule has 0 radical (unpaired) electrons. The van der Waals surface area contributed by atoms with Crippen molar-refractivity contribution in [1.29, 1.82) is 0 Å². The lowest BCUT2D eigenvalue weighted by Gasteiger charge is -2.32. The number of aromatic hydroxyl groups is 1. The van der Waals surface area contributed by atoms with Crippen LogP contribution in [0.15, 0.2) is 54.7 Å².